The third-order valence-electron chi connectivity index (χ3n) is 3.87. The highest BCUT2D eigenvalue weighted by atomic mass is 16.5. The summed E-state index contributed by atoms with van der Waals surface area (Å²) in [4.78, 5) is 6.72. The predicted molar refractivity (Wildman–Crippen MR) is 80.9 cm³/mol. The van der Waals surface area contributed by atoms with Crippen LogP contribution < -0.4 is 5.32 Å². The van der Waals surface area contributed by atoms with Crippen molar-refractivity contribution in [2.45, 2.75) is 32.4 Å². The molecule has 1 aliphatic heterocycles. The zero-order chi connectivity index (χ0) is 14.5. The SMILES string of the molecule is Cc1nc(CCNC2CCN(Cc3ccccc3)C2)no1. The fourth-order valence-electron chi connectivity index (χ4n) is 2.82. The molecule has 112 valence electrons. The van der Waals surface area contributed by atoms with Crippen LogP contribution in [0.5, 0.6) is 0 Å². The molecule has 5 nitrogen and oxygen atoms in total. The van der Waals surface area contributed by atoms with Crippen LogP contribution in [0.4, 0.5) is 0 Å². The van der Waals surface area contributed by atoms with E-state index in [0.29, 0.717) is 11.9 Å². The molecule has 2 heterocycles. The van der Waals surface area contributed by atoms with Gasteiger partial charge in [0.05, 0.1) is 0 Å². The number of nitrogens with one attached hydrogen (secondary N) is 1. The summed E-state index contributed by atoms with van der Waals surface area (Å²) in [6.07, 6.45) is 2.03. The lowest BCUT2D eigenvalue weighted by Gasteiger charge is -2.16. The summed E-state index contributed by atoms with van der Waals surface area (Å²) in [7, 11) is 0. The number of likely N-dealkylation sites (tertiary alicyclic amines) is 1. The molecule has 1 saturated heterocycles. The van der Waals surface area contributed by atoms with Crippen LogP contribution in [-0.2, 0) is 13.0 Å². The van der Waals surface area contributed by atoms with Crippen molar-refractivity contribution < 1.29 is 4.52 Å². The molecule has 1 atom stereocenters. The third-order valence-corrected chi connectivity index (χ3v) is 3.87. The van der Waals surface area contributed by atoms with E-state index in [1.165, 1.54) is 12.0 Å². The van der Waals surface area contributed by atoms with Gasteiger partial charge in [-0.3, -0.25) is 4.90 Å². The Balaban J connectivity index is 1.38. The minimum absolute atomic E-state index is 0.571. The van der Waals surface area contributed by atoms with Gasteiger partial charge in [-0.05, 0) is 12.0 Å². The number of aryl methyl sites for hydroxylation is 1. The maximum Gasteiger partial charge on any atom is 0.223 e. The summed E-state index contributed by atoms with van der Waals surface area (Å²) in [5.41, 5.74) is 1.39. The number of aromatic nitrogens is 2. The molecule has 1 fully saturated rings. The van der Waals surface area contributed by atoms with Gasteiger partial charge in [0.15, 0.2) is 5.82 Å². The van der Waals surface area contributed by atoms with E-state index < -0.39 is 0 Å². The highest BCUT2D eigenvalue weighted by Gasteiger charge is 2.21. The van der Waals surface area contributed by atoms with Gasteiger partial charge in [-0.15, -0.1) is 0 Å². The molecule has 1 N–H and O–H groups in total. The molecule has 0 aliphatic carbocycles. The predicted octanol–water partition coefficient (Wildman–Crippen LogP) is 1.78. The van der Waals surface area contributed by atoms with Gasteiger partial charge in [0, 0.05) is 45.6 Å². The number of benzene rings is 1. The minimum atomic E-state index is 0.571. The van der Waals surface area contributed by atoms with Gasteiger partial charge in [0.25, 0.3) is 0 Å². The third kappa shape index (κ3) is 4.12. The van der Waals surface area contributed by atoms with Gasteiger partial charge >= 0.3 is 0 Å². The van der Waals surface area contributed by atoms with Crippen molar-refractivity contribution in [2.75, 3.05) is 19.6 Å². The first-order valence-electron chi connectivity index (χ1n) is 7.58. The molecular weight excluding hydrogens is 264 g/mol. The van der Waals surface area contributed by atoms with E-state index in [1.807, 2.05) is 6.92 Å². The molecule has 21 heavy (non-hydrogen) atoms. The molecular formula is C16H22N4O. The van der Waals surface area contributed by atoms with Gasteiger partial charge in [-0.25, -0.2) is 0 Å². The van der Waals surface area contributed by atoms with Crippen molar-refractivity contribution in [1.82, 2.24) is 20.4 Å². The van der Waals surface area contributed by atoms with Gasteiger partial charge in [0.2, 0.25) is 5.89 Å². The van der Waals surface area contributed by atoms with E-state index >= 15 is 0 Å². The molecule has 1 unspecified atom stereocenters. The maximum absolute atomic E-state index is 4.97. The van der Waals surface area contributed by atoms with Gasteiger partial charge < -0.3 is 9.84 Å². The molecule has 3 rings (SSSR count). The average Bonchev–Trinajstić information content (AvgIpc) is 3.10. The van der Waals surface area contributed by atoms with Crippen LogP contribution >= 0.6 is 0 Å². The van der Waals surface area contributed by atoms with Crippen LogP contribution in [-0.4, -0.2) is 40.7 Å². The summed E-state index contributed by atoms with van der Waals surface area (Å²) < 4.78 is 4.97. The molecule has 0 bridgehead atoms. The Kier molecular flexibility index (Phi) is 4.62. The molecule has 0 radical (unpaired) electrons. The summed E-state index contributed by atoms with van der Waals surface area (Å²) in [5.74, 6) is 1.43. The lowest BCUT2D eigenvalue weighted by Crippen LogP contribution is -2.33. The van der Waals surface area contributed by atoms with Gasteiger partial charge in [0.1, 0.15) is 0 Å². The lowest BCUT2D eigenvalue weighted by molar-refractivity contribution is 0.320. The van der Waals surface area contributed by atoms with Gasteiger partial charge in [-0.2, -0.15) is 4.98 Å². The summed E-state index contributed by atoms with van der Waals surface area (Å²) in [6.45, 7) is 6.04. The van der Waals surface area contributed by atoms with E-state index in [9.17, 15) is 0 Å². The zero-order valence-electron chi connectivity index (χ0n) is 12.5. The van der Waals surface area contributed by atoms with Crippen LogP contribution in [0, 0.1) is 6.92 Å². The average molecular weight is 286 g/mol. The summed E-state index contributed by atoms with van der Waals surface area (Å²) >= 11 is 0. The van der Waals surface area contributed by atoms with Crippen molar-refractivity contribution in [3.8, 4) is 0 Å². The number of hydrogen-bond donors (Lipinski definition) is 1. The number of hydrogen-bond acceptors (Lipinski definition) is 5. The fraction of sp³-hybridized carbons (Fsp3) is 0.500. The summed E-state index contributed by atoms with van der Waals surface area (Å²) in [5, 5.41) is 7.51. The second-order valence-electron chi connectivity index (χ2n) is 5.64. The molecule has 5 heteroatoms. The largest absolute Gasteiger partial charge is 0.340 e. The van der Waals surface area contributed by atoms with Gasteiger partial charge in [-0.1, -0.05) is 35.5 Å². The van der Waals surface area contributed by atoms with Crippen molar-refractivity contribution in [3.05, 3.63) is 47.6 Å². The van der Waals surface area contributed by atoms with E-state index in [4.69, 9.17) is 4.52 Å². The van der Waals surface area contributed by atoms with Crippen molar-refractivity contribution in [2.24, 2.45) is 0 Å². The van der Waals surface area contributed by atoms with Crippen LogP contribution in [0.25, 0.3) is 0 Å². The lowest BCUT2D eigenvalue weighted by atomic mass is 10.2. The minimum Gasteiger partial charge on any atom is -0.340 e. The van der Waals surface area contributed by atoms with Crippen molar-refractivity contribution in [1.29, 1.82) is 0 Å². The molecule has 0 spiro atoms. The second-order valence-corrected chi connectivity index (χ2v) is 5.64. The Morgan fingerprint density at radius 2 is 2.19 bits per heavy atom. The Bertz CT molecular complexity index is 554. The van der Waals surface area contributed by atoms with Crippen molar-refractivity contribution >= 4 is 0 Å². The van der Waals surface area contributed by atoms with E-state index in [-0.39, 0.29) is 0 Å². The molecule has 0 saturated carbocycles. The first-order valence-corrected chi connectivity index (χ1v) is 7.58. The maximum atomic E-state index is 4.97. The first kappa shape index (κ1) is 14.2. The van der Waals surface area contributed by atoms with Crippen molar-refractivity contribution in [3.63, 3.8) is 0 Å². The quantitative estimate of drug-likeness (QED) is 0.877. The van der Waals surface area contributed by atoms with Crippen LogP contribution in [0.3, 0.4) is 0 Å². The van der Waals surface area contributed by atoms with E-state index in [0.717, 1.165) is 38.4 Å². The normalized spacial score (nSPS) is 19.2. The number of nitrogens with zero attached hydrogens (tertiary/aromatic N) is 3. The van der Waals surface area contributed by atoms with E-state index in [2.05, 4.69) is 50.7 Å². The monoisotopic (exact) mass is 286 g/mol. The zero-order valence-corrected chi connectivity index (χ0v) is 12.5. The highest BCUT2D eigenvalue weighted by Crippen LogP contribution is 2.13. The summed E-state index contributed by atoms with van der Waals surface area (Å²) in [6, 6.07) is 11.2. The van der Waals surface area contributed by atoms with Crippen LogP contribution in [0.15, 0.2) is 34.9 Å². The van der Waals surface area contributed by atoms with E-state index in [1.54, 1.807) is 0 Å². The topological polar surface area (TPSA) is 54.2 Å². The molecule has 2 aromatic rings. The Morgan fingerprint density at radius 1 is 1.33 bits per heavy atom. The standard InChI is InChI=1S/C16H22N4O/c1-13-18-16(19-21-13)7-9-17-15-8-10-20(12-15)11-14-5-3-2-4-6-14/h2-6,15,17H,7-12H2,1H3. The molecule has 1 aromatic carbocycles. The Morgan fingerprint density at radius 3 is 2.95 bits per heavy atom. The Labute approximate surface area is 125 Å². The van der Waals surface area contributed by atoms with Crippen LogP contribution in [0.2, 0.25) is 0 Å². The fourth-order valence-corrected chi connectivity index (χ4v) is 2.82. The molecule has 1 aliphatic rings. The molecule has 0 amide bonds. The second kappa shape index (κ2) is 6.83. The first-order chi connectivity index (χ1) is 10.3. The molecule has 1 aromatic heterocycles. The highest BCUT2D eigenvalue weighted by molar-refractivity contribution is 5.14. The smallest absolute Gasteiger partial charge is 0.223 e. The Hall–Kier alpha value is -1.72. The van der Waals surface area contributed by atoms with Crippen LogP contribution in [0.1, 0.15) is 23.7 Å². The number of rotatable bonds is 6.